The summed E-state index contributed by atoms with van der Waals surface area (Å²) in [6.45, 7) is 2.59. The largest absolute Gasteiger partial charge is 0.496 e. The number of nitrogens with one attached hydrogen (secondary N) is 1. The van der Waals surface area contributed by atoms with Gasteiger partial charge in [0, 0.05) is 29.7 Å². The SMILES string of the molecule is COc1ccc(S(=O)(=O)N2CCC[C@@H](C(=O)NCc3ccc(Cl)cc3Cl)C2)cc1C. The molecule has 1 aliphatic rings. The minimum absolute atomic E-state index is 0.146. The third kappa shape index (κ3) is 5.09. The number of benzene rings is 2. The second kappa shape index (κ2) is 9.56. The summed E-state index contributed by atoms with van der Waals surface area (Å²) in [5, 5.41) is 3.86. The lowest BCUT2D eigenvalue weighted by molar-refractivity contribution is -0.126. The number of hydrogen-bond donors (Lipinski definition) is 1. The monoisotopic (exact) mass is 470 g/mol. The van der Waals surface area contributed by atoms with Crippen molar-refractivity contribution in [1.82, 2.24) is 9.62 Å². The number of amides is 1. The maximum Gasteiger partial charge on any atom is 0.243 e. The van der Waals surface area contributed by atoms with Gasteiger partial charge >= 0.3 is 0 Å². The molecule has 1 heterocycles. The molecule has 0 bridgehead atoms. The van der Waals surface area contributed by atoms with Crippen LogP contribution in [-0.2, 0) is 21.4 Å². The van der Waals surface area contributed by atoms with Gasteiger partial charge in [-0.15, -0.1) is 0 Å². The van der Waals surface area contributed by atoms with Crippen LogP contribution in [0.4, 0.5) is 0 Å². The molecule has 1 N–H and O–H groups in total. The van der Waals surface area contributed by atoms with Crippen LogP contribution in [0.5, 0.6) is 5.75 Å². The van der Waals surface area contributed by atoms with Gasteiger partial charge in [0.1, 0.15) is 5.75 Å². The Morgan fingerprint density at radius 2 is 2.00 bits per heavy atom. The Kier molecular flexibility index (Phi) is 7.29. The first-order valence-corrected chi connectivity index (χ1v) is 11.8. The van der Waals surface area contributed by atoms with E-state index in [4.69, 9.17) is 27.9 Å². The van der Waals surface area contributed by atoms with Crippen LogP contribution in [-0.4, -0.2) is 38.8 Å². The first kappa shape index (κ1) is 22.9. The van der Waals surface area contributed by atoms with Gasteiger partial charge in [-0.05, 0) is 61.2 Å². The Morgan fingerprint density at radius 3 is 2.67 bits per heavy atom. The smallest absolute Gasteiger partial charge is 0.243 e. The van der Waals surface area contributed by atoms with Gasteiger partial charge in [-0.25, -0.2) is 8.42 Å². The summed E-state index contributed by atoms with van der Waals surface area (Å²) in [7, 11) is -2.15. The van der Waals surface area contributed by atoms with E-state index < -0.39 is 15.9 Å². The van der Waals surface area contributed by atoms with E-state index in [1.807, 2.05) is 0 Å². The minimum Gasteiger partial charge on any atom is -0.496 e. The molecule has 1 atom stereocenters. The zero-order chi connectivity index (χ0) is 21.9. The molecule has 0 aromatic heterocycles. The molecule has 30 heavy (non-hydrogen) atoms. The van der Waals surface area contributed by atoms with Crippen molar-refractivity contribution in [3.05, 3.63) is 57.6 Å². The van der Waals surface area contributed by atoms with Crippen molar-refractivity contribution in [2.75, 3.05) is 20.2 Å². The number of hydrogen-bond acceptors (Lipinski definition) is 4. The molecule has 1 fully saturated rings. The summed E-state index contributed by atoms with van der Waals surface area (Å²) >= 11 is 12.0. The lowest BCUT2D eigenvalue weighted by Crippen LogP contribution is -2.45. The third-order valence-electron chi connectivity index (χ3n) is 5.23. The fourth-order valence-electron chi connectivity index (χ4n) is 3.53. The van der Waals surface area contributed by atoms with Crippen molar-refractivity contribution >= 4 is 39.1 Å². The van der Waals surface area contributed by atoms with Crippen molar-refractivity contribution in [3.63, 3.8) is 0 Å². The number of piperidine rings is 1. The maximum absolute atomic E-state index is 13.1. The number of halogens is 2. The Hall–Kier alpha value is -1.80. The lowest BCUT2D eigenvalue weighted by atomic mass is 9.99. The Morgan fingerprint density at radius 1 is 1.23 bits per heavy atom. The maximum atomic E-state index is 13.1. The highest BCUT2D eigenvalue weighted by Crippen LogP contribution is 2.27. The van der Waals surface area contributed by atoms with Crippen molar-refractivity contribution in [3.8, 4) is 5.75 Å². The molecule has 1 amide bonds. The predicted molar refractivity (Wildman–Crippen MR) is 118 cm³/mol. The van der Waals surface area contributed by atoms with Crippen LogP contribution < -0.4 is 10.1 Å². The molecule has 6 nitrogen and oxygen atoms in total. The predicted octanol–water partition coefficient (Wildman–Crippen LogP) is 4.03. The molecule has 0 unspecified atom stereocenters. The standard InChI is InChI=1S/C21H24Cl2N2O4S/c1-14-10-18(7-8-20(14)29-2)30(27,28)25-9-3-4-16(13-25)21(26)24-12-15-5-6-17(22)11-19(15)23/h5-8,10-11,16H,3-4,9,12-13H2,1-2H3,(H,24,26)/t16-/m1/s1. The van der Waals surface area contributed by atoms with Gasteiger partial charge in [0.25, 0.3) is 0 Å². The molecule has 0 spiro atoms. The summed E-state index contributed by atoms with van der Waals surface area (Å²) in [6.07, 6.45) is 1.25. The van der Waals surface area contributed by atoms with Crippen molar-refractivity contribution in [2.45, 2.75) is 31.2 Å². The van der Waals surface area contributed by atoms with Gasteiger partial charge < -0.3 is 10.1 Å². The third-order valence-corrected chi connectivity index (χ3v) is 7.68. The Bertz CT molecular complexity index is 1040. The number of carbonyl (C=O) groups excluding carboxylic acids is 1. The van der Waals surface area contributed by atoms with E-state index >= 15 is 0 Å². The number of aryl methyl sites for hydroxylation is 1. The van der Waals surface area contributed by atoms with Crippen LogP contribution in [0.15, 0.2) is 41.3 Å². The van der Waals surface area contributed by atoms with Crippen LogP contribution in [0.2, 0.25) is 10.0 Å². The number of methoxy groups -OCH3 is 1. The second-order valence-corrected chi connectivity index (χ2v) is 10.1. The average Bonchev–Trinajstić information content (AvgIpc) is 2.73. The van der Waals surface area contributed by atoms with Gasteiger partial charge in [0.2, 0.25) is 15.9 Å². The fourth-order valence-corrected chi connectivity index (χ4v) is 5.61. The van der Waals surface area contributed by atoms with Crippen LogP contribution in [0.3, 0.4) is 0 Å². The van der Waals surface area contributed by atoms with Crippen molar-refractivity contribution < 1.29 is 17.9 Å². The van der Waals surface area contributed by atoms with Crippen LogP contribution in [0, 0.1) is 12.8 Å². The first-order chi connectivity index (χ1) is 14.2. The quantitative estimate of drug-likeness (QED) is 0.691. The molecular weight excluding hydrogens is 447 g/mol. The topological polar surface area (TPSA) is 75.7 Å². The molecule has 3 rings (SSSR count). The lowest BCUT2D eigenvalue weighted by Gasteiger charge is -2.31. The molecular formula is C21H24Cl2N2O4S. The summed E-state index contributed by atoms with van der Waals surface area (Å²) in [4.78, 5) is 12.9. The van der Waals surface area contributed by atoms with E-state index in [1.54, 1.807) is 44.4 Å². The van der Waals surface area contributed by atoms with Crippen LogP contribution >= 0.6 is 23.2 Å². The molecule has 0 saturated carbocycles. The second-order valence-electron chi connectivity index (χ2n) is 7.29. The molecule has 1 saturated heterocycles. The molecule has 1 aliphatic heterocycles. The zero-order valence-corrected chi connectivity index (χ0v) is 19.1. The number of nitrogens with zero attached hydrogens (tertiary/aromatic N) is 1. The van der Waals surface area contributed by atoms with Gasteiger partial charge in [-0.2, -0.15) is 4.31 Å². The molecule has 0 aliphatic carbocycles. The number of carbonyl (C=O) groups is 1. The summed E-state index contributed by atoms with van der Waals surface area (Å²) in [6, 6.07) is 9.87. The highest BCUT2D eigenvalue weighted by molar-refractivity contribution is 7.89. The highest BCUT2D eigenvalue weighted by atomic mass is 35.5. The van der Waals surface area contributed by atoms with E-state index in [0.717, 1.165) is 11.1 Å². The minimum atomic E-state index is -3.69. The summed E-state index contributed by atoms with van der Waals surface area (Å²) in [5.74, 6) is 0.0245. The van der Waals surface area contributed by atoms with Crippen molar-refractivity contribution in [1.29, 1.82) is 0 Å². The van der Waals surface area contributed by atoms with E-state index in [-0.39, 0.29) is 23.9 Å². The Balaban J connectivity index is 1.68. The summed E-state index contributed by atoms with van der Waals surface area (Å²) in [5.41, 5.74) is 1.49. The summed E-state index contributed by atoms with van der Waals surface area (Å²) < 4.78 is 32.8. The average molecular weight is 471 g/mol. The molecule has 2 aromatic rings. The Labute approximate surface area is 187 Å². The van der Waals surface area contributed by atoms with Crippen molar-refractivity contribution in [2.24, 2.45) is 5.92 Å². The highest BCUT2D eigenvalue weighted by Gasteiger charge is 2.33. The van der Waals surface area contributed by atoms with Crippen LogP contribution in [0.25, 0.3) is 0 Å². The zero-order valence-electron chi connectivity index (χ0n) is 16.8. The molecule has 2 aromatic carbocycles. The normalized spacial score (nSPS) is 17.5. The van der Waals surface area contributed by atoms with Crippen LogP contribution in [0.1, 0.15) is 24.0 Å². The number of sulfonamides is 1. The molecule has 0 radical (unpaired) electrons. The van der Waals surface area contributed by atoms with E-state index in [2.05, 4.69) is 5.32 Å². The van der Waals surface area contributed by atoms with Gasteiger partial charge in [0.15, 0.2) is 0 Å². The van der Waals surface area contributed by atoms with E-state index in [0.29, 0.717) is 35.2 Å². The first-order valence-electron chi connectivity index (χ1n) is 9.59. The molecule has 162 valence electrons. The number of ether oxygens (including phenoxy) is 1. The van der Waals surface area contributed by atoms with E-state index in [1.165, 1.54) is 10.4 Å². The van der Waals surface area contributed by atoms with Gasteiger partial charge in [-0.3, -0.25) is 4.79 Å². The van der Waals surface area contributed by atoms with Gasteiger partial charge in [-0.1, -0.05) is 29.3 Å². The van der Waals surface area contributed by atoms with Gasteiger partial charge in [0.05, 0.1) is 17.9 Å². The number of rotatable bonds is 6. The molecule has 9 heteroatoms. The fraction of sp³-hybridized carbons (Fsp3) is 0.381. The van der Waals surface area contributed by atoms with E-state index in [9.17, 15) is 13.2 Å².